The number of aliphatic carboxylic acids is 2. The molecule has 0 fully saturated rings. The fourth-order valence-corrected chi connectivity index (χ4v) is 2.22. The van der Waals surface area contributed by atoms with Crippen molar-refractivity contribution in [3.05, 3.63) is 0 Å². The van der Waals surface area contributed by atoms with E-state index in [0.29, 0.717) is 23.7 Å². The Morgan fingerprint density at radius 3 is 1.20 bits per heavy atom. The summed E-state index contributed by atoms with van der Waals surface area (Å²) in [5.74, 6) is -1.35. The molecule has 0 bridgehead atoms. The largest absolute Gasteiger partial charge is 0.481 e. The summed E-state index contributed by atoms with van der Waals surface area (Å²) in [6.45, 7) is 13.2. The smallest absolute Gasteiger partial charge is 0.303 e. The van der Waals surface area contributed by atoms with Crippen LogP contribution in [0.3, 0.4) is 0 Å². The first kappa shape index (κ1) is 29.2. The Hall–Kier alpha value is -0.566. The Morgan fingerprint density at radius 1 is 0.600 bits per heavy atom. The monoisotopic (exact) mass is 402 g/mol. The van der Waals surface area contributed by atoms with Crippen molar-refractivity contribution >= 4 is 11.9 Å². The minimum absolute atomic E-state index is 0. The molecule has 25 heavy (non-hydrogen) atoms. The van der Waals surface area contributed by atoms with Crippen molar-refractivity contribution in [1.82, 2.24) is 0 Å². The van der Waals surface area contributed by atoms with Gasteiger partial charge in [0.05, 0.1) is 0 Å². The van der Waals surface area contributed by atoms with Crippen molar-refractivity contribution in [3.63, 3.8) is 0 Å². The Kier molecular flexibility index (Phi) is 18.3. The molecule has 0 heterocycles. The summed E-state index contributed by atoms with van der Waals surface area (Å²) in [5.41, 5.74) is 0.769. The second-order valence-electron chi connectivity index (χ2n) is 9.03. The van der Waals surface area contributed by atoms with Crippen molar-refractivity contribution in [2.75, 3.05) is 0 Å². The molecule has 0 amide bonds. The Bertz CT molecular complexity index is 341. The van der Waals surface area contributed by atoms with Gasteiger partial charge in [0.2, 0.25) is 0 Å². The van der Waals surface area contributed by atoms with Crippen LogP contribution in [0.4, 0.5) is 0 Å². The van der Waals surface area contributed by atoms with Crippen molar-refractivity contribution in [2.45, 2.75) is 106 Å². The third kappa shape index (κ3) is 35.4. The van der Waals surface area contributed by atoms with E-state index >= 15 is 0 Å². The van der Waals surface area contributed by atoms with E-state index in [9.17, 15) is 9.59 Å². The molecule has 0 aliphatic carbocycles. The van der Waals surface area contributed by atoms with Crippen molar-refractivity contribution in [2.24, 2.45) is 10.8 Å². The molecule has 0 unspecified atom stereocenters. The minimum atomic E-state index is -0.682. The van der Waals surface area contributed by atoms with Crippen LogP contribution >= 0.6 is 0 Å². The van der Waals surface area contributed by atoms with E-state index in [0.717, 1.165) is 32.1 Å². The number of carboxylic acid groups (broad SMARTS) is 2. The van der Waals surface area contributed by atoms with Crippen LogP contribution in [-0.4, -0.2) is 22.2 Å². The molecule has 0 spiro atoms. The van der Waals surface area contributed by atoms with Crippen LogP contribution in [0, 0.1) is 10.8 Å². The standard InChI is InChI=1S/C11H22O2.C9H18O2.Ni/c1-11(2,3)9-7-5-4-6-8-10(12)13;1-9(2,3)7-5-4-6-8(10)11;/h4-9H2,1-3H3,(H,12,13);4-7H2,1-3H3,(H,10,11);. The molecule has 0 saturated carbocycles. The third-order valence-corrected chi connectivity index (χ3v) is 3.63. The van der Waals surface area contributed by atoms with Crippen LogP contribution in [0.25, 0.3) is 0 Å². The van der Waals surface area contributed by atoms with Crippen molar-refractivity contribution in [1.29, 1.82) is 0 Å². The maximum absolute atomic E-state index is 10.2. The van der Waals surface area contributed by atoms with E-state index < -0.39 is 11.9 Å². The fraction of sp³-hybridized carbons (Fsp3) is 0.900. The summed E-state index contributed by atoms with van der Waals surface area (Å²) in [4.78, 5) is 20.3. The minimum Gasteiger partial charge on any atom is -0.481 e. The Labute approximate surface area is 165 Å². The molecule has 2 N–H and O–H groups in total. The van der Waals surface area contributed by atoms with Crippen molar-refractivity contribution < 1.29 is 36.3 Å². The van der Waals surface area contributed by atoms with E-state index in [2.05, 4.69) is 41.5 Å². The van der Waals surface area contributed by atoms with Gasteiger partial charge in [-0.25, -0.2) is 0 Å². The molecule has 0 aliphatic rings. The van der Waals surface area contributed by atoms with Crippen LogP contribution in [0.1, 0.15) is 106 Å². The summed E-state index contributed by atoms with van der Waals surface area (Å²) in [5, 5.41) is 16.7. The van der Waals surface area contributed by atoms with E-state index in [1.165, 1.54) is 19.3 Å². The van der Waals surface area contributed by atoms with Crippen LogP contribution in [0.2, 0.25) is 0 Å². The van der Waals surface area contributed by atoms with Gasteiger partial charge in [-0.1, -0.05) is 67.2 Å². The molecule has 0 aromatic heterocycles. The van der Waals surface area contributed by atoms with Gasteiger partial charge in [0.25, 0.3) is 0 Å². The maximum Gasteiger partial charge on any atom is 0.303 e. The molecule has 0 aliphatic heterocycles. The van der Waals surface area contributed by atoms with Gasteiger partial charge in [-0.2, -0.15) is 0 Å². The number of carbonyl (C=O) groups is 2. The average molecular weight is 403 g/mol. The molecule has 0 aromatic carbocycles. The molecule has 0 saturated heterocycles. The van der Waals surface area contributed by atoms with E-state index in [1.54, 1.807) is 0 Å². The quantitative estimate of drug-likeness (QED) is 0.340. The number of unbranched alkanes of at least 4 members (excludes halogenated alkanes) is 4. The predicted molar refractivity (Wildman–Crippen MR) is 100 cm³/mol. The van der Waals surface area contributed by atoms with Crippen LogP contribution < -0.4 is 0 Å². The number of hydrogen-bond acceptors (Lipinski definition) is 2. The maximum atomic E-state index is 10.2. The zero-order valence-electron chi connectivity index (χ0n) is 17.1. The molecule has 154 valence electrons. The molecule has 4 nitrogen and oxygen atoms in total. The SMILES string of the molecule is CC(C)(C)CCCCC(=O)O.CC(C)(C)CCCCCCC(=O)O.[Ni]. The van der Waals surface area contributed by atoms with Crippen LogP contribution in [-0.2, 0) is 26.1 Å². The first-order valence-corrected chi connectivity index (χ1v) is 9.27. The van der Waals surface area contributed by atoms with Gasteiger partial charge in [-0.15, -0.1) is 0 Å². The summed E-state index contributed by atoms with van der Waals surface area (Å²) in [6.07, 6.45) is 9.11. The van der Waals surface area contributed by atoms with Gasteiger partial charge >= 0.3 is 11.9 Å². The van der Waals surface area contributed by atoms with Crippen LogP contribution in [0.5, 0.6) is 0 Å². The van der Waals surface area contributed by atoms with Crippen molar-refractivity contribution in [3.8, 4) is 0 Å². The van der Waals surface area contributed by atoms with E-state index in [-0.39, 0.29) is 16.5 Å². The summed E-state index contributed by atoms with van der Waals surface area (Å²) in [6, 6.07) is 0. The van der Waals surface area contributed by atoms with Crippen LogP contribution in [0.15, 0.2) is 0 Å². The topological polar surface area (TPSA) is 74.6 Å². The zero-order valence-corrected chi connectivity index (χ0v) is 18.1. The average Bonchev–Trinajstić information content (AvgIpc) is 2.37. The van der Waals surface area contributed by atoms with Gasteiger partial charge in [-0.05, 0) is 36.5 Å². The number of hydrogen-bond donors (Lipinski definition) is 2. The first-order valence-electron chi connectivity index (χ1n) is 9.27. The summed E-state index contributed by atoms with van der Waals surface area (Å²) < 4.78 is 0. The normalized spacial score (nSPS) is 11.1. The molecular formula is C20H40NiO4. The Balaban J connectivity index is -0.000000377. The second-order valence-corrected chi connectivity index (χ2v) is 9.03. The van der Waals surface area contributed by atoms with E-state index in [1.807, 2.05) is 0 Å². The van der Waals surface area contributed by atoms with Gasteiger partial charge in [0.15, 0.2) is 0 Å². The number of carboxylic acids is 2. The number of rotatable bonds is 10. The van der Waals surface area contributed by atoms with Gasteiger partial charge in [0, 0.05) is 29.3 Å². The molecule has 5 heteroatoms. The fourth-order valence-electron chi connectivity index (χ4n) is 2.22. The van der Waals surface area contributed by atoms with Gasteiger partial charge < -0.3 is 10.2 Å². The molecule has 0 atom stereocenters. The molecule has 0 radical (unpaired) electrons. The molecular weight excluding hydrogens is 363 g/mol. The second kappa shape index (κ2) is 15.7. The zero-order chi connectivity index (χ0) is 19.2. The van der Waals surface area contributed by atoms with Gasteiger partial charge in [0.1, 0.15) is 0 Å². The first-order chi connectivity index (χ1) is 10.8. The van der Waals surface area contributed by atoms with E-state index in [4.69, 9.17) is 10.2 Å². The predicted octanol–water partition coefficient (Wildman–Crippen LogP) is 6.13. The summed E-state index contributed by atoms with van der Waals surface area (Å²) >= 11 is 0. The Morgan fingerprint density at radius 2 is 0.880 bits per heavy atom. The van der Waals surface area contributed by atoms with Gasteiger partial charge in [-0.3, -0.25) is 9.59 Å². The molecule has 0 aromatic rings. The molecule has 0 rings (SSSR count). The summed E-state index contributed by atoms with van der Waals surface area (Å²) in [7, 11) is 0. The third-order valence-electron chi connectivity index (χ3n) is 3.63.